The van der Waals surface area contributed by atoms with Crippen molar-refractivity contribution in [1.29, 1.82) is 0 Å². The zero-order valence-corrected chi connectivity index (χ0v) is 15.0. The molecule has 22 heavy (non-hydrogen) atoms. The second-order valence-corrected chi connectivity index (χ2v) is 7.65. The maximum atomic E-state index is 12.4. The fraction of sp³-hybridized carbons (Fsp3) is 0.250. The normalized spacial score (nSPS) is 11.1. The van der Waals surface area contributed by atoms with Gasteiger partial charge in [0.15, 0.2) is 0 Å². The predicted molar refractivity (Wildman–Crippen MR) is 93.4 cm³/mol. The van der Waals surface area contributed by atoms with E-state index in [1.54, 1.807) is 32.0 Å². The molecular formula is C16H17BrN2O2S. The summed E-state index contributed by atoms with van der Waals surface area (Å²) in [4.78, 5) is 26.2. The summed E-state index contributed by atoms with van der Waals surface area (Å²) in [6, 6.07) is 10.9. The second kappa shape index (κ2) is 6.62. The summed E-state index contributed by atoms with van der Waals surface area (Å²) in [5, 5.41) is 5.57. The van der Waals surface area contributed by atoms with E-state index in [2.05, 4.69) is 26.6 Å². The van der Waals surface area contributed by atoms with Gasteiger partial charge in [-0.15, -0.1) is 11.3 Å². The molecule has 116 valence electrons. The summed E-state index contributed by atoms with van der Waals surface area (Å²) in [7, 11) is 0. The van der Waals surface area contributed by atoms with Crippen molar-refractivity contribution in [3.05, 3.63) is 50.6 Å². The van der Waals surface area contributed by atoms with E-state index < -0.39 is 5.54 Å². The number of hydrogen-bond acceptors (Lipinski definition) is 3. The number of thiophene rings is 1. The molecule has 0 spiro atoms. The van der Waals surface area contributed by atoms with Crippen LogP contribution in [-0.2, 0) is 4.79 Å². The van der Waals surface area contributed by atoms with Gasteiger partial charge in [-0.25, -0.2) is 0 Å². The first-order chi connectivity index (χ1) is 10.3. The smallest absolute Gasteiger partial charge is 0.262 e. The van der Waals surface area contributed by atoms with Crippen molar-refractivity contribution in [2.75, 3.05) is 5.32 Å². The van der Waals surface area contributed by atoms with Gasteiger partial charge in [0.25, 0.3) is 5.91 Å². The van der Waals surface area contributed by atoms with Crippen LogP contribution in [0.25, 0.3) is 0 Å². The third-order valence-corrected chi connectivity index (χ3v) is 4.59. The molecule has 1 aromatic heterocycles. The van der Waals surface area contributed by atoms with Crippen LogP contribution in [0.1, 0.15) is 28.4 Å². The number of halogens is 1. The van der Waals surface area contributed by atoms with Gasteiger partial charge in [0.2, 0.25) is 5.91 Å². The van der Waals surface area contributed by atoms with Crippen LogP contribution < -0.4 is 10.6 Å². The molecule has 0 unspecified atom stereocenters. The summed E-state index contributed by atoms with van der Waals surface area (Å²) in [6.07, 6.45) is 0. The van der Waals surface area contributed by atoms with E-state index in [-0.39, 0.29) is 11.8 Å². The highest BCUT2D eigenvalue weighted by atomic mass is 79.9. The second-order valence-electron chi connectivity index (χ2n) is 5.45. The lowest BCUT2D eigenvalue weighted by atomic mass is 10.0. The predicted octanol–water partition coefficient (Wildman–Crippen LogP) is 3.97. The Morgan fingerprint density at radius 3 is 2.27 bits per heavy atom. The molecule has 0 aliphatic carbocycles. The number of benzene rings is 1. The fourth-order valence-electron chi connectivity index (χ4n) is 1.78. The van der Waals surface area contributed by atoms with Crippen molar-refractivity contribution in [3.8, 4) is 0 Å². The Morgan fingerprint density at radius 1 is 1.09 bits per heavy atom. The van der Waals surface area contributed by atoms with Gasteiger partial charge in [-0.3, -0.25) is 9.59 Å². The molecule has 1 heterocycles. The van der Waals surface area contributed by atoms with E-state index in [0.29, 0.717) is 10.6 Å². The average molecular weight is 381 g/mol. The summed E-state index contributed by atoms with van der Waals surface area (Å²) < 4.78 is 0.936. The number of rotatable bonds is 4. The van der Waals surface area contributed by atoms with Crippen LogP contribution >= 0.6 is 27.3 Å². The molecule has 6 heteroatoms. The molecule has 0 atom stereocenters. The van der Waals surface area contributed by atoms with Crippen LogP contribution in [0.2, 0.25) is 0 Å². The highest BCUT2D eigenvalue weighted by Crippen LogP contribution is 2.18. The van der Waals surface area contributed by atoms with Crippen LogP contribution in [0.3, 0.4) is 0 Å². The largest absolute Gasteiger partial charge is 0.337 e. The van der Waals surface area contributed by atoms with Gasteiger partial charge in [-0.2, -0.15) is 0 Å². The Hall–Kier alpha value is -1.66. The van der Waals surface area contributed by atoms with Crippen LogP contribution in [0.5, 0.6) is 0 Å². The quantitative estimate of drug-likeness (QED) is 0.842. The van der Waals surface area contributed by atoms with Crippen LogP contribution in [0.15, 0.2) is 40.9 Å². The SMILES string of the molecule is Cc1ccc(C(=O)NC(C)(C)C(=O)Nc2ccc(Br)cc2)s1. The minimum absolute atomic E-state index is 0.242. The Bertz CT molecular complexity index is 692. The molecule has 2 N–H and O–H groups in total. The molecule has 1 aromatic carbocycles. The number of hydrogen-bond donors (Lipinski definition) is 2. The molecule has 2 amide bonds. The Labute approximate surface area is 142 Å². The van der Waals surface area contributed by atoms with E-state index in [1.807, 2.05) is 25.1 Å². The van der Waals surface area contributed by atoms with Crippen molar-refractivity contribution in [3.63, 3.8) is 0 Å². The van der Waals surface area contributed by atoms with Gasteiger partial charge < -0.3 is 10.6 Å². The third-order valence-electron chi connectivity index (χ3n) is 3.06. The van der Waals surface area contributed by atoms with Crippen molar-refractivity contribution in [2.24, 2.45) is 0 Å². The van der Waals surface area contributed by atoms with Crippen LogP contribution in [0, 0.1) is 6.92 Å². The summed E-state index contributed by atoms with van der Waals surface area (Å²) >= 11 is 4.75. The number of aryl methyl sites for hydroxylation is 1. The van der Waals surface area contributed by atoms with Crippen LogP contribution in [0.4, 0.5) is 5.69 Å². The molecule has 4 nitrogen and oxygen atoms in total. The van der Waals surface area contributed by atoms with Crippen molar-refractivity contribution in [1.82, 2.24) is 5.32 Å². The van der Waals surface area contributed by atoms with E-state index in [0.717, 1.165) is 9.35 Å². The number of amides is 2. The summed E-state index contributed by atoms with van der Waals surface area (Å²) in [5.74, 6) is -0.509. The van der Waals surface area contributed by atoms with Crippen LogP contribution in [-0.4, -0.2) is 17.4 Å². The number of carbonyl (C=O) groups excluding carboxylic acids is 2. The summed E-state index contributed by atoms with van der Waals surface area (Å²) in [6.45, 7) is 5.30. The molecule has 0 radical (unpaired) electrons. The van der Waals surface area contributed by atoms with Gasteiger partial charge in [0, 0.05) is 15.0 Å². The molecule has 2 aromatic rings. The lowest BCUT2D eigenvalue weighted by Crippen LogP contribution is -2.52. The Morgan fingerprint density at radius 2 is 1.73 bits per heavy atom. The van der Waals surface area contributed by atoms with Crippen molar-refractivity contribution >= 4 is 44.8 Å². The first kappa shape index (κ1) is 16.7. The Balaban J connectivity index is 2.03. The van der Waals surface area contributed by atoms with E-state index in [4.69, 9.17) is 0 Å². The number of carbonyl (C=O) groups is 2. The molecule has 0 bridgehead atoms. The van der Waals surface area contributed by atoms with Gasteiger partial charge in [0.05, 0.1) is 4.88 Å². The maximum Gasteiger partial charge on any atom is 0.262 e. The molecule has 0 saturated carbocycles. The zero-order chi connectivity index (χ0) is 16.3. The first-order valence-electron chi connectivity index (χ1n) is 6.74. The topological polar surface area (TPSA) is 58.2 Å². The van der Waals surface area contributed by atoms with Gasteiger partial charge >= 0.3 is 0 Å². The molecule has 0 aliphatic heterocycles. The highest BCUT2D eigenvalue weighted by Gasteiger charge is 2.30. The van der Waals surface area contributed by atoms with Gasteiger partial charge in [-0.05, 0) is 57.2 Å². The van der Waals surface area contributed by atoms with Gasteiger partial charge in [0.1, 0.15) is 5.54 Å². The van der Waals surface area contributed by atoms with Crippen molar-refractivity contribution < 1.29 is 9.59 Å². The lowest BCUT2D eigenvalue weighted by molar-refractivity contribution is -0.120. The monoisotopic (exact) mass is 380 g/mol. The minimum Gasteiger partial charge on any atom is -0.337 e. The fourth-order valence-corrected chi connectivity index (χ4v) is 2.81. The third kappa shape index (κ3) is 4.18. The number of anilines is 1. The van der Waals surface area contributed by atoms with E-state index >= 15 is 0 Å². The standard InChI is InChI=1S/C16H17BrN2O2S/c1-10-4-9-13(22-10)14(20)19-16(2,3)15(21)18-12-7-5-11(17)6-8-12/h4-9H,1-3H3,(H,18,21)(H,19,20). The summed E-state index contributed by atoms with van der Waals surface area (Å²) in [5.41, 5.74) is -0.329. The van der Waals surface area contributed by atoms with E-state index in [1.165, 1.54) is 11.3 Å². The van der Waals surface area contributed by atoms with E-state index in [9.17, 15) is 9.59 Å². The van der Waals surface area contributed by atoms with Crippen molar-refractivity contribution in [2.45, 2.75) is 26.3 Å². The average Bonchev–Trinajstić information content (AvgIpc) is 2.87. The molecule has 0 saturated heterocycles. The molecule has 0 fully saturated rings. The lowest BCUT2D eigenvalue weighted by Gasteiger charge is -2.24. The minimum atomic E-state index is -1.01. The molecular weight excluding hydrogens is 364 g/mol. The first-order valence-corrected chi connectivity index (χ1v) is 8.35. The Kier molecular flexibility index (Phi) is 5.03. The molecule has 0 aliphatic rings. The zero-order valence-electron chi connectivity index (χ0n) is 12.6. The molecule has 2 rings (SSSR count). The van der Waals surface area contributed by atoms with Gasteiger partial charge in [-0.1, -0.05) is 15.9 Å². The highest BCUT2D eigenvalue weighted by molar-refractivity contribution is 9.10. The maximum absolute atomic E-state index is 12.4. The number of nitrogens with one attached hydrogen (secondary N) is 2.